The molecule has 3 rings (SSSR count). The zero-order valence-corrected chi connectivity index (χ0v) is 12.3. The molecule has 0 bridgehead atoms. The third-order valence-electron chi connectivity index (χ3n) is 3.94. The summed E-state index contributed by atoms with van der Waals surface area (Å²) in [6.07, 6.45) is 3.68. The maximum absolute atomic E-state index is 12.4. The Labute approximate surface area is 123 Å². The smallest absolute Gasteiger partial charge is 0.227 e. The average molecular weight is 289 g/mol. The van der Waals surface area contributed by atoms with Crippen molar-refractivity contribution in [2.75, 3.05) is 19.5 Å². The van der Waals surface area contributed by atoms with Gasteiger partial charge >= 0.3 is 0 Å². The summed E-state index contributed by atoms with van der Waals surface area (Å²) in [6, 6.07) is 3.34. The molecule has 2 saturated carbocycles. The van der Waals surface area contributed by atoms with Crippen LogP contribution in [0.25, 0.3) is 0 Å². The molecule has 1 aromatic rings. The van der Waals surface area contributed by atoms with Crippen LogP contribution >= 0.6 is 0 Å². The second-order valence-corrected chi connectivity index (χ2v) is 5.65. The number of methoxy groups -OCH3 is 2. The van der Waals surface area contributed by atoms with E-state index in [0.717, 1.165) is 25.7 Å². The van der Waals surface area contributed by atoms with Crippen molar-refractivity contribution in [3.8, 4) is 11.5 Å². The molecule has 1 aromatic carbocycles. The molecule has 0 radical (unpaired) electrons. The lowest BCUT2D eigenvalue weighted by molar-refractivity contribution is -0.117. The van der Waals surface area contributed by atoms with E-state index in [9.17, 15) is 9.59 Å². The Morgan fingerprint density at radius 2 is 1.57 bits per heavy atom. The van der Waals surface area contributed by atoms with E-state index in [1.54, 1.807) is 12.1 Å². The Kier molecular flexibility index (Phi) is 3.57. The molecule has 0 aromatic heterocycles. The molecule has 1 amide bonds. The molecule has 2 fully saturated rings. The summed E-state index contributed by atoms with van der Waals surface area (Å²) in [7, 11) is 3.07. The number of ketones is 1. The van der Waals surface area contributed by atoms with Crippen molar-refractivity contribution < 1.29 is 19.1 Å². The number of hydrogen-bond acceptors (Lipinski definition) is 4. The van der Waals surface area contributed by atoms with Gasteiger partial charge in [0.05, 0.1) is 19.9 Å². The van der Waals surface area contributed by atoms with Crippen LogP contribution in [-0.4, -0.2) is 25.9 Å². The van der Waals surface area contributed by atoms with Gasteiger partial charge in [-0.3, -0.25) is 9.59 Å². The standard InChI is InChI=1S/C16H19NO4/c1-20-13-7-11(15(18)9-3-4-9)12(8-14(13)21-2)17-16(19)10-5-6-10/h7-10H,3-6H2,1-2H3,(H,17,19). The van der Waals surface area contributed by atoms with E-state index in [-0.39, 0.29) is 23.5 Å². The number of rotatable bonds is 6. The number of hydrogen-bond donors (Lipinski definition) is 1. The van der Waals surface area contributed by atoms with Crippen molar-refractivity contribution in [1.29, 1.82) is 0 Å². The fourth-order valence-electron chi connectivity index (χ4n) is 2.33. The van der Waals surface area contributed by atoms with Gasteiger partial charge in [-0.25, -0.2) is 0 Å². The highest BCUT2D eigenvalue weighted by molar-refractivity contribution is 6.08. The molecule has 0 unspecified atom stereocenters. The van der Waals surface area contributed by atoms with E-state index < -0.39 is 0 Å². The Balaban J connectivity index is 1.96. The topological polar surface area (TPSA) is 64.6 Å². The van der Waals surface area contributed by atoms with Crippen molar-refractivity contribution in [1.82, 2.24) is 0 Å². The molecular formula is C16H19NO4. The largest absolute Gasteiger partial charge is 0.493 e. The van der Waals surface area contributed by atoms with Gasteiger partial charge in [-0.1, -0.05) is 0 Å². The Hall–Kier alpha value is -2.04. The van der Waals surface area contributed by atoms with Crippen molar-refractivity contribution in [3.05, 3.63) is 17.7 Å². The van der Waals surface area contributed by atoms with E-state index in [1.165, 1.54) is 14.2 Å². The number of ether oxygens (including phenoxy) is 2. The molecule has 0 spiro atoms. The first-order valence-electron chi connectivity index (χ1n) is 7.25. The van der Waals surface area contributed by atoms with Gasteiger partial charge in [0, 0.05) is 23.5 Å². The zero-order valence-electron chi connectivity index (χ0n) is 12.3. The second kappa shape index (κ2) is 5.39. The monoisotopic (exact) mass is 289 g/mol. The summed E-state index contributed by atoms with van der Waals surface area (Å²) in [4.78, 5) is 24.4. The summed E-state index contributed by atoms with van der Waals surface area (Å²) in [5.41, 5.74) is 1.05. The highest BCUT2D eigenvalue weighted by atomic mass is 16.5. The number of Topliss-reactive ketones (excluding diaryl/α,β-unsaturated/α-hetero) is 1. The Morgan fingerprint density at radius 3 is 2.10 bits per heavy atom. The van der Waals surface area contributed by atoms with Gasteiger partial charge < -0.3 is 14.8 Å². The maximum Gasteiger partial charge on any atom is 0.227 e. The Bertz CT molecular complexity index is 588. The second-order valence-electron chi connectivity index (χ2n) is 5.65. The minimum Gasteiger partial charge on any atom is -0.493 e. The molecule has 5 nitrogen and oxygen atoms in total. The summed E-state index contributed by atoms with van der Waals surface area (Å²) >= 11 is 0. The number of carbonyl (C=O) groups is 2. The first kappa shape index (κ1) is 13.9. The quantitative estimate of drug-likeness (QED) is 0.818. The van der Waals surface area contributed by atoms with Crippen LogP contribution in [-0.2, 0) is 4.79 Å². The molecule has 1 N–H and O–H groups in total. The first-order valence-corrected chi connectivity index (χ1v) is 7.25. The first-order chi connectivity index (χ1) is 10.1. The van der Waals surface area contributed by atoms with Gasteiger partial charge in [0.25, 0.3) is 0 Å². The zero-order chi connectivity index (χ0) is 15.0. The van der Waals surface area contributed by atoms with Crippen molar-refractivity contribution >= 4 is 17.4 Å². The number of carbonyl (C=O) groups excluding carboxylic acids is 2. The number of amides is 1. The van der Waals surface area contributed by atoms with E-state index in [4.69, 9.17) is 9.47 Å². The molecule has 2 aliphatic carbocycles. The van der Waals surface area contributed by atoms with Crippen LogP contribution in [0.5, 0.6) is 11.5 Å². The lowest BCUT2D eigenvalue weighted by atomic mass is 10.0. The summed E-state index contributed by atoms with van der Waals surface area (Å²) in [5.74, 6) is 1.23. The van der Waals surface area contributed by atoms with E-state index in [2.05, 4.69) is 5.32 Å². The fraction of sp³-hybridized carbons (Fsp3) is 0.500. The van der Waals surface area contributed by atoms with Crippen LogP contribution in [0, 0.1) is 11.8 Å². The molecule has 2 aliphatic rings. The SMILES string of the molecule is COc1cc(NC(=O)C2CC2)c(C(=O)C2CC2)cc1OC. The van der Waals surface area contributed by atoms with Crippen molar-refractivity contribution in [2.45, 2.75) is 25.7 Å². The normalized spacial score (nSPS) is 17.2. The number of benzene rings is 1. The van der Waals surface area contributed by atoms with Crippen LogP contribution in [0.2, 0.25) is 0 Å². The predicted octanol–water partition coefficient (Wildman–Crippen LogP) is 2.65. The summed E-state index contributed by atoms with van der Waals surface area (Å²) in [5, 5.41) is 2.87. The highest BCUT2D eigenvalue weighted by Crippen LogP contribution is 2.40. The van der Waals surface area contributed by atoms with Crippen molar-refractivity contribution in [2.24, 2.45) is 11.8 Å². The van der Waals surface area contributed by atoms with Gasteiger partial charge in [-0.15, -0.1) is 0 Å². The minimum atomic E-state index is -0.0212. The molecule has 112 valence electrons. The van der Waals surface area contributed by atoms with Crippen LogP contribution in [0.1, 0.15) is 36.0 Å². The van der Waals surface area contributed by atoms with Gasteiger partial charge in [-0.05, 0) is 31.7 Å². The minimum absolute atomic E-state index is 0.0212. The van der Waals surface area contributed by atoms with Crippen LogP contribution in [0.4, 0.5) is 5.69 Å². The van der Waals surface area contributed by atoms with Crippen LogP contribution in [0.3, 0.4) is 0 Å². The predicted molar refractivity (Wildman–Crippen MR) is 78.0 cm³/mol. The van der Waals surface area contributed by atoms with Gasteiger partial charge in [0.2, 0.25) is 5.91 Å². The van der Waals surface area contributed by atoms with E-state index >= 15 is 0 Å². The average Bonchev–Trinajstić information content (AvgIpc) is 3.37. The Morgan fingerprint density at radius 1 is 1.00 bits per heavy atom. The molecule has 5 heteroatoms. The highest BCUT2D eigenvalue weighted by Gasteiger charge is 2.34. The van der Waals surface area contributed by atoms with Crippen LogP contribution in [0.15, 0.2) is 12.1 Å². The lowest BCUT2D eigenvalue weighted by Gasteiger charge is -2.15. The van der Waals surface area contributed by atoms with Crippen molar-refractivity contribution in [3.63, 3.8) is 0 Å². The summed E-state index contributed by atoms with van der Waals surface area (Å²) < 4.78 is 10.5. The summed E-state index contributed by atoms with van der Waals surface area (Å²) in [6.45, 7) is 0. The van der Waals surface area contributed by atoms with Gasteiger partial charge in [-0.2, -0.15) is 0 Å². The molecule has 0 atom stereocenters. The third-order valence-corrected chi connectivity index (χ3v) is 3.94. The van der Waals surface area contributed by atoms with Gasteiger partial charge in [0.15, 0.2) is 17.3 Å². The number of anilines is 1. The maximum atomic E-state index is 12.4. The molecule has 21 heavy (non-hydrogen) atoms. The molecule has 0 saturated heterocycles. The number of nitrogens with one attached hydrogen (secondary N) is 1. The van der Waals surface area contributed by atoms with Gasteiger partial charge in [0.1, 0.15) is 0 Å². The molecule has 0 aliphatic heterocycles. The fourth-order valence-corrected chi connectivity index (χ4v) is 2.33. The van der Waals surface area contributed by atoms with E-state index in [0.29, 0.717) is 22.7 Å². The molecular weight excluding hydrogens is 270 g/mol. The van der Waals surface area contributed by atoms with E-state index in [1.807, 2.05) is 0 Å². The molecule has 0 heterocycles. The third kappa shape index (κ3) is 2.86. The van der Waals surface area contributed by atoms with Crippen LogP contribution < -0.4 is 14.8 Å². The lowest BCUT2D eigenvalue weighted by Crippen LogP contribution is -2.17.